The fraction of sp³-hybridized carbons (Fsp3) is 0.500. The van der Waals surface area contributed by atoms with Crippen LogP contribution in [0.15, 0.2) is 18.2 Å². The minimum atomic E-state index is -0.268. The van der Waals surface area contributed by atoms with Crippen LogP contribution >= 0.6 is 0 Å². The van der Waals surface area contributed by atoms with Crippen LogP contribution in [0.25, 0.3) is 0 Å². The predicted molar refractivity (Wildman–Crippen MR) is 72.6 cm³/mol. The molecule has 0 spiro atoms. The summed E-state index contributed by atoms with van der Waals surface area (Å²) in [5.74, 6) is 1.18. The lowest BCUT2D eigenvalue weighted by molar-refractivity contribution is -0.141. The van der Waals surface area contributed by atoms with Crippen LogP contribution in [0, 0.1) is 0 Å². The van der Waals surface area contributed by atoms with Gasteiger partial charge in [0.25, 0.3) is 0 Å². The van der Waals surface area contributed by atoms with Gasteiger partial charge in [0.15, 0.2) is 0 Å². The van der Waals surface area contributed by atoms with Crippen molar-refractivity contribution >= 4 is 5.97 Å². The number of methoxy groups -OCH3 is 3. The second-order valence-electron chi connectivity index (χ2n) is 4.00. The number of hydrogen-bond acceptors (Lipinski definition) is 5. The average Bonchev–Trinajstić information content (AvgIpc) is 2.45. The Hall–Kier alpha value is -1.75. The molecule has 0 saturated carbocycles. The Labute approximate surface area is 113 Å². The summed E-state index contributed by atoms with van der Waals surface area (Å²) in [6.07, 6.45) is 0.244. The minimum Gasteiger partial charge on any atom is -0.497 e. The van der Waals surface area contributed by atoms with Crippen molar-refractivity contribution in [2.24, 2.45) is 0 Å². The lowest BCUT2D eigenvalue weighted by Gasteiger charge is -2.20. The summed E-state index contributed by atoms with van der Waals surface area (Å²) in [7, 11) is 4.59. The Kier molecular flexibility index (Phi) is 6.15. The largest absolute Gasteiger partial charge is 0.497 e. The van der Waals surface area contributed by atoms with E-state index in [1.807, 2.05) is 25.1 Å². The third-order valence-electron chi connectivity index (χ3n) is 2.86. The van der Waals surface area contributed by atoms with Crippen LogP contribution in [0.3, 0.4) is 0 Å². The molecular formula is C14H21NO4. The highest BCUT2D eigenvalue weighted by Gasteiger charge is 2.20. The molecule has 1 aromatic carbocycles. The van der Waals surface area contributed by atoms with E-state index < -0.39 is 0 Å². The number of benzene rings is 1. The topological polar surface area (TPSA) is 56.8 Å². The lowest BCUT2D eigenvalue weighted by Crippen LogP contribution is -2.24. The van der Waals surface area contributed by atoms with Crippen LogP contribution in [-0.4, -0.2) is 33.8 Å². The predicted octanol–water partition coefficient (Wildman–Crippen LogP) is 1.92. The van der Waals surface area contributed by atoms with Crippen LogP contribution in [0.2, 0.25) is 0 Å². The van der Waals surface area contributed by atoms with Crippen molar-refractivity contribution in [3.05, 3.63) is 23.8 Å². The van der Waals surface area contributed by atoms with Crippen molar-refractivity contribution in [2.75, 3.05) is 27.9 Å². The zero-order valence-electron chi connectivity index (χ0n) is 11.9. The molecule has 106 valence electrons. The highest BCUT2D eigenvalue weighted by atomic mass is 16.5. The molecule has 0 radical (unpaired) electrons. The summed E-state index contributed by atoms with van der Waals surface area (Å²) < 4.78 is 15.3. The van der Waals surface area contributed by atoms with Gasteiger partial charge in [0.2, 0.25) is 0 Å². The Balaban J connectivity index is 3.07. The molecule has 0 aliphatic heterocycles. The molecule has 1 rings (SSSR count). The smallest absolute Gasteiger partial charge is 0.307 e. The maximum absolute atomic E-state index is 11.5. The van der Waals surface area contributed by atoms with Crippen molar-refractivity contribution < 1.29 is 19.0 Å². The van der Waals surface area contributed by atoms with Crippen LogP contribution < -0.4 is 14.8 Å². The normalized spacial score (nSPS) is 11.8. The first kappa shape index (κ1) is 15.3. The molecule has 0 heterocycles. The Morgan fingerprint density at radius 1 is 1.26 bits per heavy atom. The quantitative estimate of drug-likeness (QED) is 0.765. The fourth-order valence-corrected chi connectivity index (χ4v) is 1.90. The van der Waals surface area contributed by atoms with Gasteiger partial charge in [-0.25, -0.2) is 0 Å². The third-order valence-corrected chi connectivity index (χ3v) is 2.86. The lowest BCUT2D eigenvalue weighted by atomic mass is 10.0. The van der Waals surface area contributed by atoms with E-state index in [0.717, 1.165) is 23.6 Å². The van der Waals surface area contributed by atoms with E-state index in [9.17, 15) is 4.79 Å². The van der Waals surface area contributed by atoms with E-state index in [4.69, 9.17) is 14.2 Å². The number of carbonyl (C=O) groups is 1. The van der Waals surface area contributed by atoms with Crippen molar-refractivity contribution in [2.45, 2.75) is 19.4 Å². The van der Waals surface area contributed by atoms with E-state index in [2.05, 4.69) is 5.32 Å². The maximum Gasteiger partial charge on any atom is 0.307 e. The van der Waals surface area contributed by atoms with E-state index in [1.54, 1.807) is 14.2 Å². The molecule has 0 bridgehead atoms. The number of nitrogens with one attached hydrogen (secondary N) is 1. The molecule has 0 saturated heterocycles. The van der Waals surface area contributed by atoms with Gasteiger partial charge in [0, 0.05) is 11.6 Å². The van der Waals surface area contributed by atoms with Crippen molar-refractivity contribution in [1.29, 1.82) is 0 Å². The molecule has 1 aromatic rings. The molecule has 0 amide bonds. The van der Waals surface area contributed by atoms with Crippen LogP contribution in [0.5, 0.6) is 11.5 Å². The molecule has 0 aliphatic rings. The summed E-state index contributed by atoms with van der Waals surface area (Å²) in [6, 6.07) is 5.36. The van der Waals surface area contributed by atoms with Gasteiger partial charge in [0.05, 0.1) is 27.8 Å². The summed E-state index contributed by atoms with van der Waals surface area (Å²) in [6.45, 7) is 2.72. The SMILES string of the molecule is CCNC(CC(=O)OC)c1cc(OC)ccc1OC. The summed E-state index contributed by atoms with van der Waals surface area (Å²) >= 11 is 0. The Morgan fingerprint density at radius 3 is 2.53 bits per heavy atom. The molecule has 5 heteroatoms. The third kappa shape index (κ3) is 4.13. The van der Waals surface area contributed by atoms with Gasteiger partial charge in [-0.05, 0) is 24.7 Å². The Bertz CT molecular complexity index is 420. The number of carbonyl (C=O) groups excluding carboxylic acids is 1. The second kappa shape index (κ2) is 7.63. The number of hydrogen-bond donors (Lipinski definition) is 1. The van der Waals surface area contributed by atoms with Gasteiger partial charge in [0.1, 0.15) is 11.5 Å². The highest BCUT2D eigenvalue weighted by Crippen LogP contribution is 2.31. The van der Waals surface area contributed by atoms with Gasteiger partial charge in [-0.15, -0.1) is 0 Å². The van der Waals surface area contributed by atoms with Crippen LogP contribution in [0.1, 0.15) is 24.9 Å². The molecule has 5 nitrogen and oxygen atoms in total. The van der Waals surface area contributed by atoms with Crippen molar-refractivity contribution in [1.82, 2.24) is 5.32 Å². The van der Waals surface area contributed by atoms with E-state index in [0.29, 0.717) is 0 Å². The molecule has 1 atom stereocenters. The maximum atomic E-state index is 11.5. The van der Waals surface area contributed by atoms with Crippen molar-refractivity contribution in [3.8, 4) is 11.5 Å². The molecular weight excluding hydrogens is 246 g/mol. The highest BCUT2D eigenvalue weighted by molar-refractivity contribution is 5.70. The zero-order valence-corrected chi connectivity index (χ0v) is 11.9. The number of esters is 1. The Morgan fingerprint density at radius 2 is 2.00 bits per heavy atom. The molecule has 0 aromatic heterocycles. The first-order chi connectivity index (χ1) is 9.15. The second-order valence-corrected chi connectivity index (χ2v) is 4.00. The average molecular weight is 267 g/mol. The van der Waals surface area contributed by atoms with E-state index in [1.165, 1.54) is 7.11 Å². The van der Waals surface area contributed by atoms with Gasteiger partial charge in [-0.2, -0.15) is 0 Å². The van der Waals surface area contributed by atoms with Gasteiger partial charge in [-0.3, -0.25) is 4.79 Å². The minimum absolute atomic E-state index is 0.164. The molecule has 0 fully saturated rings. The van der Waals surface area contributed by atoms with Gasteiger partial charge < -0.3 is 19.5 Å². The van der Waals surface area contributed by atoms with Crippen LogP contribution in [0.4, 0.5) is 0 Å². The summed E-state index contributed by atoms with van der Waals surface area (Å²) in [5.41, 5.74) is 0.883. The molecule has 1 N–H and O–H groups in total. The molecule has 19 heavy (non-hydrogen) atoms. The van der Waals surface area contributed by atoms with Crippen molar-refractivity contribution in [3.63, 3.8) is 0 Å². The van der Waals surface area contributed by atoms with Gasteiger partial charge >= 0.3 is 5.97 Å². The first-order valence-electron chi connectivity index (χ1n) is 6.18. The molecule has 0 aliphatic carbocycles. The van der Waals surface area contributed by atoms with E-state index >= 15 is 0 Å². The first-order valence-corrected chi connectivity index (χ1v) is 6.18. The standard InChI is InChI=1S/C14H21NO4/c1-5-15-12(9-14(16)19-4)11-8-10(17-2)6-7-13(11)18-3/h6-8,12,15H,5,9H2,1-4H3. The van der Waals surface area contributed by atoms with Crippen LogP contribution in [-0.2, 0) is 9.53 Å². The monoisotopic (exact) mass is 267 g/mol. The summed E-state index contributed by atoms with van der Waals surface area (Å²) in [5, 5.41) is 3.25. The zero-order chi connectivity index (χ0) is 14.3. The number of rotatable bonds is 7. The van der Waals surface area contributed by atoms with Gasteiger partial charge in [-0.1, -0.05) is 6.92 Å². The fourth-order valence-electron chi connectivity index (χ4n) is 1.90. The van der Waals surface area contributed by atoms with E-state index in [-0.39, 0.29) is 18.4 Å². The molecule has 1 unspecified atom stereocenters. The number of ether oxygens (including phenoxy) is 3. The summed E-state index contributed by atoms with van der Waals surface area (Å²) in [4.78, 5) is 11.5.